The van der Waals surface area contributed by atoms with Crippen LogP contribution < -0.4 is 5.32 Å². The van der Waals surface area contributed by atoms with Gasteiger partial charge in [-0.15, -0.1) is 0 Å². The van der Waals surface area contributed by atoms with Crippen LogP contribution in [0.2, 0.25) is 0 Å². The van der Waals surface area contributed by atoms with Gasteiger partial charge in [-0.25, -0.2) is 0 Å². The molecule has 0 amide bonds. The normalized spacial score (nSPS) is 14.1. The summed E-state index contributed by atoms with van der Waals surface area (Å²) in [7, 11) is 0. The summed E-state index contributed by atoms with van der Waals surface area (Å²) in [5.74, 6) is 0. The van der Waals surface area contributed by atoms with E-state index in [4.69, 9.17) is 0 Å². The monoisotopic (exact) mass is 245 g/mol. The van der Waals surface area contributed by atoms with Crippen molar-refractivity contribution < 1.29 is 0 Å². The Bertz CT molecular complexity index is 157. The Labute approximate surface area is 107 Å². The molecule has 0 heterocycles. The van der Waals surface area contributed by atoms with Gasteiger partial charge in [-0.3, -0.25) is 0 Å². The highest BCUT2D eigenvalue weighted by molar-refractivity contribution is 7.99. The van der Waals surface area contributed by atoms with Gasteiger partial charge in [-0.2, -0.15) is 11.8 Å². The summed E-state index contributed by atoms with van der Waals surface area (Å²) >= 11 is 1.94. The van der Waals surface area contributed by atoms with Crippen LogP contribution in [-0.4, -0.2) is 23.6 Å². The summed E-state index contributed by atoms with van der Waals surface area (Å²) in [6, 6.07) is 0.674. The quantitative estimate of drug-likeness (QED) is 0.570. The third kappa shape index (κ3) is 9.53. The Hall–Kier alpha value is 0.310. The van der Waals surface area contributed by atoms with Crippen molar-refractivity contribution in [2.45, 2.75) is 77.0 Å². The average molecular weight is 245 g/mol. The Kier molecular flexibility index (Phi) is 9.53. The predicted octanol–water partition coefficient (Wildman–Crippen LogP) is 4.47. The maximum atomic E-state index is 3.64. The van der Waals surface area contributed by atoms with E-state index in [9.17, 15) is 0 Å². The van der Waals surface area contributed by atoms with Crippen LogP contribution in [0.1, 0.15) is 66.2 Å². The lowest BCUT2D eigenvalue weighted by molar-refractivity contribution is 0.459. The zero-order valence-corrected chi connectivity index (χ0v) is 12.8. The van der Waals surface area contributed by atoms with Gasteiger partial charge in [0.2, 0.25) is 0 Å². The van der Waals surface area contributed by atoms with Gasteiger partial charge in [0.05, 0.1) is 0 Å². The lowest BCUT2D eigenvalue weighted by atomic mass is 10.1. The minimum absolute atomic E-state index is 0.371. The van der Waals surface area contributed by atoms with Gasteiger partial charge in [-0.1, -0.05) is 39.0 Å². The van der Waals surface area contributed by atoms with Crippen LogP contribution >= 0.6 is 11.8 Å². The molecular formula is C14H31NS. The second kappa shape index (κ2) is 9.35. The molecule has 0 aliphatic rings. The summed E-state index contributed by atoms with van der Waals surface area (Å²) < 4.78 is 0.371. The highest BCUT2D eigenvalue weighted by Gasteiger charge is 2.16. The fourth-order valence-corrected chi connectivity index (χ4v) is 1.88. The van der Waals surface area contributed by atoms with Gasteiger partial charge >= 0.3 is 0 Å². The van der Waals surface area contributed by atoms with Gasteiger partial charge in [0, 0.05) is 17.3 Å². The second-order valence-electron chi connectivity index (χ2n) is 5.45. The van der Waals surface area contributed by atoms with E-state index in [1.807, 2.05) is 11.8 Å². The molecule has 0 aliphatic carbocycles. The predicted molar refractivity (Wildman–Crippen MR) is 78.4 cm³/mol. The topological polar surface area (TPSA) is 12.0 Å². The van der Waals surface area contributed by atoms with Crippen LogP contribution in [0.25, 0.3) is 0 Å². The van der Waals surface area contributed by atoms with Crippen molar-refractivity contribution in [2.24, 2.45) is 0 Å². The molecule has 0 rings (SSSR count). The van der Waals surface area contributed by atoms with E-state index in [0.717, 1.165) is 6.54 Å². The minimum Gasteiger partial charge on any atom is -0.313 e. The smallest absolute Gasteiger partial charge is 0.0225 e. The average Bonchev–Trinajstić information content (AvgIpc) is 2.26. The molecule has 0 bridgehead atoms. The first-order valence-corrected chi connectivity index (χ1v) is 8.03. The number of thioether (sulfide) groups is 1. The number of hydrogen-bond donors (Lipinski definition) is 1. The molecule has 0 aliphatic heterocycles. The first kappa shape index (κ1) is 16.3. The van der Waals surface area contributed by atoms with Gasteiger partial charge in [0.1, 0.15) is 0 Å². The molecular weight excluding hydrogens is 214 g/mol. The van der Waals surface area contributed by atoms with Crippen LogP contribution in [0.5, 0.6) is 0 Å². The maximum absolute atomic E-state index is 3.64. The summed E-state index contributed by atoms with van der Waals surface area (Å²) in [5.41, 5.74) is 0. The molecule has 0 aromatic heterocycles. The summed E-state index contributed by atoms with van der Waals surface area (Å²) in [6.07, 6.45) is 10.5. The van der Waals surface area contributed by atoms with Crippen LogP contribution in [0.4, 0.5) is 0 Å². The maximum Gasteiger partial charge on any atom is 0.0225 e. The summed E-state index contributed by atoms with van der Waals surface area (Å²) in [4.78, 5) is 0. The molecule has 0 saturated carbocycles. The SMILES string of the molecule is CCCCCCCC(C)NCC(C)(C)SC. The first-order valence-electron chi connectivity index (χ1n) is 6.80. The van der Waals surface area contributed by atoms with Crippen molar-refractivity contribution >= 4 is 11.8 Å². The lowest BCUT2D eigenvalue weighted by Crippen LogP contribution is -2.37. The van der Waals surface area contributed by atoms with Crippen LogP contribution in [0.3, 0.4) is 0 Å². The van der Waals surface area contributed by atoms with Crippen molar-refractivity contribution in [3.63, 3.8) is 0 Å². The Morgan fingerprint density at radius 2 is 1.75 bits per heavy atom. The van der Waals surface area contributed by atoms with Crippen molar-refractivity contribution in [1.82, 2.24) is 5.32 Å². The molecule has 1 unspecified atom stereocenters. The van der Waals surface area contributed by atoms with E-state index in [-0.39, 0.29) is 0 Å². The zero-order chi connectivity index (χ0) is 12.4. The molecule has 1 nitrogen and oxygen atoms in total. The molecule has 0 aromatic rings. The van der Waals surface area contributed by atoms with E-state index in [1.54, 1.807) is 0 Å². The van der Waals surface area contributed by atoms with Gasteiger partial charge in [0.15, 0.2) is 0 Å². The first-order chi connectivity index (χ1) is 7.52. The van der Waals surface area contributed by atoms with Gasteiger partial charge in [-0.05, 0) is 33.4 Å². The van der Waals surface area contributed by atoms with Crippen molar-refractivity contribution in [1.29, 1.82) is 0 Å². The largest absolute Gasteiger partial charge is 0.313 e. The molecule has 0 fully saturated rings. The van der Waals surface area contributed by atoms with Gasteiger partial charge in [0.25, 0.3) is 0 Å². The van der Waals surface area contributed by atoms with E-state index in [1.165, 1.54) is 38.5 Å². The second-order valence-corrected chi connectivity index (χ2v) is 6.96. The molecule has 0 radical (unpaired) electrons. The standard InChI is InChI=1S/C14H31NS/c1-6-7-8-9-10-11-13(2)15-12-14(3,4)16-5/h13,15H,6-12H2,1-5H3. The third-order valence-corrected chi connectivity index (χ3v) is 4.42. The summed E-state index contributed by atoms with van der Waals surface area (Å²) in [6.45, 7) is 10.3. The Morgan fingerprint density at radius 1 is 1.12 bits per heavy atom. The number of nitrogens with one attached hydrogen (secondary N) is 1. The fourth-order valence-electron chi connectivity index (χ4n) is 1.65. The fraction of sp³-hybridized carbons (Fsp3) is 1.00. The molecule has 16 heavy (non-hydrogen) atoms. The Morgan fingerprint density at radius 3 is 2.31 bits per heavy atom. The lowest BCUT2D eigenvalue weighted by Gasteiger charge is -2.25. The zero-order valence-electron chi connectivity index (χ0n) is 11.9. The number of hydrogen-bond acceptors (Lipinski definition) is 2. The van der Waals surface area contributed by atoms with Crippen molar-refractivity contribution in [3.05, 3.63) is 0 Å². The van der Waals surface area contributed by atoms with Crippen molar-refractivity contribution in [2.75, 3.05) is 12.8 Å². The molecule has 1 atom stereocenters. The van der Waals surface area contributed by atoms with E-state index in [2.05, 4.69) is 39.3 Å². The van der Waals surface area contributed by atoms with E-state index in [0.29, 0.717) is 10.8 Å². The van der Waals surface area contributed by atoms with Crippen LogP contribution in [0, 0.1) is 0 Å². The molecule has 0 aromatic carbocycles. The van der Waals surface area contributed by atoms with Crippen LogP contribution in [0.15, 0.2) is 0 Å². The molecule has 0 spiro atoms. The van der Waals surface area contributed by atoms with Crippen molar-refractivity contribution in [3.8, 4) is 0 Å². The number of unbranched alkanes of at least 4 members (excludes halogenated alkanes) is 4. The van der Waals surface area contributed by atoms with E-state index >= 15 is 0 Å². The van der Waals surface area contributed by atoms with Crippen LogP contribution in [-0.2, 0) is 0 Å². The number of rotatable bonds is 10. The molecule has 2 heteroatoms. The molecule has 1 N–H and O–H groups in total. The Balaban J connectivity index is 3.41. The highest BCUT2D eigenvalue weighted by Crippen LogP contribution is 2.20. The molecule has 0 saturated heterocycles. The van der Waals surface area contributed by atoms with E-state index < -0.39 is 0 Å². The molecule has 98 valence electrons. The minimum atomic E-state index is 0.371. The van der Waals surface area contributed by atoms with Gasteiger partial charge < -0.3 is 5.32 Å². The highest BCUT2D eigenvalue weighted by atomic mass is 32.2. The third-order valence-electron chi connectivity index (χ3n) is 3.17. The summed E-state index contributed by atoms with van der Waals surface area (Å²) in [5, 5.41) is 3.64.